The molecule has 1 aliphatic carbocycles. The van der Waals surface area contributed by atoms with Gasteiger partial charge in [-0.1, -0.05) is 31.7 Å². The van der Waals surface area contributed by atoms with Gasteiger partial charge in [0.2, 0.25) is 0 Å². The Kier molecular flexibility index (Phi) is 5.71. The maximum absolute atomic E-state index is 5.28. The van der Waals surface area contributed by atoms with Crippen molar-refractivity contribution in [2.45, 2.75) is 57.5 Å². The summed E-state index contributed by atoms with van der Waals surface area (Å²) >= 11 is 3.56. The van der Waals surface area contributed by atoms with Gasteiger partial charge in [0.25, 0.3) is 0 Å². The van der Waals surface area contributed by atoms with Crippen LogP contribution in [0, 0.1) is 0 Å². The molecule has 3 heteroatoms. The minimum atomic E-state index is 0.394. The molecule has 1 N–H and O–H groups in total. The molecule has 106 valence electrons. The van der Waals surface area contributed by atoms with Gasteiger partial charge in [-0.3, -0.25) is 0 Å². The number of hydrogen-bond donors (Lipinski definition) is 1. The summed E-state index contributed by atoms with van der Waals surface area (Å²) in [7, 11) is 1.70. The van der Waals surface area contributed by atoms with Crippen molar-refractivity contribution in [3.8, 4) is 5.75 Å². The lowest BCUT2D eigenvalue weighted by Crippen LogP contribution is -2.31. The number of benzene rings is 1. The molecule has 19 heavy (non-hydrogen) atoms. The lowest BCUT2D eigenvalue weighted by molar-refractivity contribution is 0.407. The smallest absolute Gasteiger partial charge is 0.133 e. The third-order valence-corrected chi connectivity index (χ3v) is 4.64. The van der Waals surface area contributed by atoms with E-state index in [1.807, 2.05) is 6.07 Å². The topological polar surface area (TPSA) is 21.3 Å². The molecule has 0 radical (unpaired) electrons. The highest BCUT2D eigenvalue weighted by Crippen LogP contribution is 2.29. The quantitative estimate of drug-likeness (QED) is 0.800. The van der Waals surface area contributed by atoms with Crippen LogP contribution in [0.5, 0.6) is 5.75 Å². The number of halogens is 1. The number of rotatable bonds is 4. The fraction of sp³-hybridized carbons (Fsp3) is 0.625. The van der Waals surface area contributed by atoms with Gasteiger partial charge in [0, 0.05) is 12.1 Å². The monoisotopic (exact) mass is 325 g/mol. The van der Waals surface area contributed by atoms with Crippen LogP contribution in [0.15, 0.2) is 22.7 Å². The van der Waals surface area contributed by atoms with Crippen molar-refractivity contribution in [1.82, 2.24) is 5.32 Å². The molecule has 0 aliphatic heterocycles. The molecule has 1 atom stereocenters. The minimum absolute atomic E-state index is 0.394. The molecule has 1 fully saturated rings. The first-order chi connectivity index (χ1) is 9.20. The van der Waals surface area contributed by atoms with Gasteiger partial charge in [0.05, 0.1) is 11.6 Å². The summed E-state index contributed by atoms with van der Waals surface area (Å²) in [5.74, 6) is 0.894. The summed E-state index contributed by atoms with van der Waals surface area (Å²) in [5, 5.41) is 3.78. The van der Waals surface area contributed by atoms with Gasteiger partial charge in [-0.05, 0) is 53.4 Å². The average Bonchev–Trinajstić information content (AvgIpc) is 2.67. The van der Waals surface area contributed by atoms with E-state index in [0.29, 0.717) is 12.1 Å². The second-order valence-corrected chi connectivity index (χ2v) is 6.33. The number of hydrogen-bond acceptors (Lipinski definition) is 2. The SMILES string of the molecule is COc1ccc(C(C)NC2CCCCCC2)cc1Br. The molecule has 0 heterocycles. The predicted molar refractivity (Wildman–Crippen MR) is 83.7 cm³/mol. The van der Waals surface area contributed by atoms with Gasteiger partial charge in [0.15, 0.2) is 0 Å². The van der Waals surface area contributed by atoms with Gasteiger partial charge in [-0.2, -0.15) is 0 Å². The molecule has 1 aliphatic rings. The Morgan fingerprint density at radius 1 is 1.21 bits per heavy atom. The Labute approximate surface area is 125 Å². The molecule has 1 aromatic carbocycles. The van der Waals surface area contributed by atoms with E-state index in [-0.39, 0.29) is 0 Å². The molecule has 1 unspecified atom stereocenters. The Morgan fingerprint density at radius 3 is 2.47 bits per heavy atom. The third kappa shape index (κ3) is 4.22. The van der Waals surface area contributed by atoms with Crippen molar-refractivity contribution in [2.75, 3.05) is 7.11 Å². The van der Waals surface area contributed by atoms with Crippen molar-refractivity contribution < 1.29 is 4.74 Å². The highest BCUT2D eigenvalue weighted by atomic mass is 79.9. The Balaban J connectivity index is 1.98. The van der Waals surface area contributed by atoms with Crippen LogP contribution in [-0.2, 0) is 0 Å². The summed E-state index contributed by atoms with van der Waals surface area (Å²) in [5.41, 5.74) is 1.32. The molecular formula is C16H24BrNO. The summed E-state index contributed by atoms with van der Waals surface area (Å²) in [4.78, 5) is 0. The van der Waals surface area contributed by atoms with Gasteiger partial charge in [0.1, 0.15) is 5.75 Å². The normalized spacial score (nSPS) is 18.9. The predicted octanol–water partition coefficient (Wildman–Crippen LogP) is 4.83. The van der Waals surface area contributed by atoms with E-state index in [0.717, 1.165) is 10.2 Å². The van der Waals surface area contributed by atoms with Crippen LogP contribution >= 0.6 is 15.9 Å². The zero-order valence-corrected chi connectivity index (χ0v) is 13.5. The van der Waals surface area contributed by atoms with Crippen molar-refractivity contribution in [3.05, 3.63) is 28.2 Å². The molecule has 0 aromatic heterocycles. The largest absolute Gasteiger partial charge is 0.496 e. The zero-order valence-electron chi connectivity index (χ0n) is 11.9. The van der Waals surface area contributed by atoms with Crippen molar-refractivity contribution in [3.63, 3.8) is 0 Å². The molecule has 0 bridgehead atoms. The lowest BCUT2D eigenvalue weighted by Gasteiger charge is -2.22. The van der Waals surface area contributed by atoms with Gasteiger partial charge >= 0.3 is 0 Å². The first-order valence-corrected chi connectivity index (χ1v) is 8.09. The van der Waals surface area contributed by atoms with Crippen LogP contribution in [0.3, 0.4) is 0 Å². The number of methoxy groups -OCH3 is 1. The number of nitrogens with one attached hydrogen (secondary N) is 1. The highest BCUT2D eigenvalue weighted by molar-refractivity contribution is 9.10. The van der Waals surface area contributed by atoms with Crippen LogP contribution in [0.2, 0.25) is 0 Å². The fourth-order valence-corrected chi connectivity index (χ4v) is 3.41. The van der Waals surface area contributed by atoms with Crippen LogP contribution < -0.4 is 10.1 Å². The van der Waals surface area contributed by atoms with Crippen molar-refractivity contribution in [1.29, 1.82) is 0 Å². The zero-order chi connectivity index (χ0) is 13.7. The molecule has 0 amide bonds. The van der Waals surface area contributed by atoms with Gasteiger partial charge in [-0.25, -0.2) is 0 Å². The Bertz CT molecular complexity index is 400. The Morgan fingerprint density at radius 2 is 1.89 bits per heavy atom. The summed E-state index contributed by atoms with van der Waals surface area (Å²) in [6.07, 6.45) is 8.19. The molecule has 0 spiro atoms. The van der Waals surface area contributed by atoms with E-state index in [4.69, 9.17) is 4.74 Å². The highest BCUT2D eigenvalue weighted by Gasteiger charge is 2.16. The average molecular weight is 326 g/mol. The van der Waals surface area contributed by atoms with Crippen molar-refractivity contribution >= 4 is 15.9 Å². The standard InChI is InChI=1S/C16H24BrNO/c1-12(18-14-7-5-3-4-6-8-14)13-9-10-16(19-2)15(17)11-13/h9-12,14,18H,3-8H2,1-2H3. The van der Waals surface area contributed by atoms with Crippen LogP contribution in [0.1, 0.15) is 57.1 Å². The van der Waals surface area contributed by atoms with Crippen molar-refractivity contribution in [2.24, 2.45) is 0 Å². The first kappa shape index (κ1) is 14.9. The Hall–Kier alpha value is -0.540. The molecule has 1 saturated carbocycles. The van der Waals surface area contributed by atoms with Crippen LogP contribution in [-0.4, -0.2) is 13.2 Å². The molecule has 2 nitrogen and oxygen atoms in total. The lowest BCUT2D eigenvalue weighted by atomic mass is 10.0. The molecule has 2 rings (SSSR count). The van der Waals surface area contributed by atoms with E-state index < -0.39 is 0 Å². The minimum Gasteiger partial charge on any atom is -0.496 e. The molecular weight excluding hydrogens is 302 g/mol. The number of ether oxygens (including phenoxy) is 1. The van der Waals surface area contributed by atoms with E-state index in [9.17, 15) is 0 Å². The summed E-state index contributed by atoms with van der Waals surface area (Å²) in [6, 6.07) is 7.42. The fourth-order valence-electron chi connectivity index (χ4n) is 2.85. The van der Waals surface area contributed by atoms with Crippen LogP contribution in [0.4, 0.5) is 0 Å². The van der Waals surface area contributed by atoms with Crippen LogP contribution in [0.25, 0.3) is 0 Å². The van der Waals surface area contributed by atoms with Gasteiger partial charge < -0.3 is 10.1 Å². The van der Waals surface area contributed by atoms with Gasteiger partial charge in [-0.15, -0.1) is 0 Å². The second kappa shape index (κ2) is 7.30. The second-order valence-electron chi connectivity index (χ2n) is 5.47. The van der Waals surface area contributed by atoms with E-state index in [2.05, 4.69) is 40.3 Å². The molecule has 1 aromatic rings. The maximum atomic E-state index is 5.28. The van der Waals surface area contributed by atoms with E-state index in [1.165, 1.54) is 44.1 Å². The van der Waals surface area contributed by atoms with E-state index in [1.54, 1.807) is 7.11 Å². The third-order valence-electron chi connectivity index (χ3n) is 4.02. The molecule has 0 saturated heterocycles. The first-order valence-electron chi connectivity index (χ1n) is 7.30. The maximum Gasteiger partial charge on any atom is 0.133 e. The van der Waals surface area contributed by atoms with E-state index >= 15 is 0 Å². The summed E-state index contributed by atoms with van der Waals surface area (Å²) < 4.78 is 6.31. The summed E-state index contributed by atoms with van der Waals surface area (Å²) in [6.45, 7) is 2.25.